The molecule has 0 amide bonds. The monoisotopic (exact) mass is 340 g/mol. The average Bonchev–Trinajstić information content (AvgIpc) is 2.47. The van der Waals surface area contributed by atoms with Crippen molar-refractivity contribution < 1.29 is 19.8 Å². The third kappa shape index (κ3) is 3.60. The van der Waals surface area contributed by atoms with E-state index in [1.165, 1.54) is 36.4 Å². The van der Waals surface area contributed by atoms with Gasteiger partial charge in [-0.3, -0.25) is 10.9 Å². The lowest BCUT2D eigenvalue weighted by Gasteiger charge is -2.13. The topological polar surface area (TPSA) is 98.7 Å². The Bertz CT molecular complexity index is 686. The number of hydrogen-bond acceptors (Lipinski definition) is 4. The van der Waals surface area contributed by atoms with E-state index in [2.05, 4.69) is 10.9 Å². The van der Waals surface area contributed by atoms with Crippen LogP contribution in [0.3, 0.4) is 0 Å². The minimum Gasteiger partial charge on any atom is -0.478 e. The van der Waals surface area contributed by atoms with Gasteiger partial charge in [-0.1, -0.05) is 23.2 Å². The van der Waals surface area contributed by atoms with Crippen LogP contribution in [0.1, 0.15) is 20.7 Å². The maximum atomic E-state index is 10.9. The highest BCUT2D eigenvalue weighted by Crippen LogP contribution is 2.26. The van der Waals surface area contributed by atoms with Crippen molar-refractivity contribution in [1.29, 1.82) is 0 Å². The first-order valence-corrected chi connectivity index (χ1v) is 6.72. The van der Waals surface area contributed by atoms with E-state index in [9.17, 15) is 9.59 Å². The van der Waals surface area contributed by atoms with Gasteiger partial charge < -0.3 is 10.2 Å². The average molecular weight is 341 g/mol. The normalized spacial score (nSPS) is 10.1. The Balaban J connectivity index is 2.23. The van der Waals surface area contributed by atoms with Crippen LogP contribution < -0.4 is 10.9 Å². The maximum absolute atomic E-state index is 10.9. The molecule has 0 heterocycles. The van der Waals surface area contributed by atoms with Gasteiger partial charge in [-0.25, -0.2) is 9.59 Å². The second kappa shape index (κ2) is 6.55. The van der Waals surface area contributed by atoms with E-state index in [1.807, 2.05) is 0 Å². The second-order valence-corrected chi connectivity index (χ2v) is 5.06. The summed E-state index contributed by atoms with van der Waals surface area (Å²) in [5, 5.41) is 18.5. The largest absolute Gasteiger partial charge is 0.478 e. The lowest BCUT2D eigenvalue weighted by molar-refractivity contribution is 0.0686. The third-order valence-electron chi connectivity index (χ3n) is 2.76. The second-order valence-electron chi connectivity index (χ2n) is 4.25. The van der Waals surface area contributed by atoms with Gasteiger partial charge in [-0.15, -0.1) is 0 Å². The molecule has 0 saturated carbocycles. The van der Waals surface area contributed by atoms with Crippen molar-refractivity contribution in [1.82, 2.24) is 0 Å². The van der Waals surface area contributed by atoms with E-state index < -0.39 is 11.9 Å². The van der Waals surface area contributed by atoms with Gasteiger partial charge in [-0.05, 0) is 36.4 Å². The van der Waals surface area contributed by atoms with Gasteiger partial charge in [-0.2, -0.15) is 0 Å². The predicted molar refractivity (Wildman–Crippen MR) is 84.1 cm³/mol. The van der Waals surface area contributed by atoms with Crippen molar-refractivity contribution in [2.45, 2.75) is 0 Å². The van der Waals surface area contributed by atoms with Crippen LogP contribution in [-0.2, 0) is 0 Å². The zero-order valence-electron chi connectivity index (χ0n) is 10.9. The van der Waals surface area contributed by atoms with Crippen LogP contribution in [-0.4, -0.2) is 22.2 Å². The van der Waals surface area contributed by atoms with Crippen molar-refractivity contribution in [3.8, 4) is 0 Å². The molecule has 114 valence electrons. The van der Waals surface area contributed by atoms with Gasteiger partial charge in [0.1, 0.15) is 0 Å². The molecule has 8 heteroatoms. The first-order valence-electron chi connectivity index (χ1n) is 5.96. The number of anilines is 2. The number of nitrogens with one attached hydrogen (secondary N) is 2. The fraction of sp³-hybridized carbons (Fsp3) is 0. The molecule has 0 saturated heterocycles. The molecule has 6 nitrogen and oxygen atoms in total. The number of rotatable bonds is 5. The van der Waals surface area contributed by atoms with Crippen molar-refractivity contribution in [2.75, 3.05) is 10.9 Å². The van der Waals surface area contributed by atoms with Gasteiger partial charge in [0.05, 0.1) is 32.5 Å². The van der Waals surface area contributed by atoms with Crippen LogP contribution in [0, 0.1) is 0 Å². The van der Waals surface area contributed by atoms with Crippen LogP contribution in [0.5, 0.6) is 0 Å². The molecule has 0 unspecified atom stereocenters. The highest BCUT2D eigenvalue weighted by molar-refractivity contribution is 6.34. The molecule has 0 fully saturated rings. The van der Waals surface area contributed by atoms with Gasteiger partial charge in [0.25, 0.3) is 0 Å². The Hall–Kier alpha value is -2.44. The number of carbonyl (C=O) groups is 2. The Morgan fingerprint density at radius 1 is 0.773 bits per heavy atom. The van der Waals surface area contributed by atoms with Crippen molar-refractivity contribution in [3.05, 3.63) is 57.6 Å². The summed E-state index contributed by atoms with van der Waals surface area (Å²) in [5.74, 6) is -2.18. The lowest BCUT2D eigenvalue weighted by Crippen LogP contribution is -2.11. The van der Waals surface area contributed by atoms with Crippen LogP contribution >= 0.6 is 23.2 Å². The minimum atomic E-state index is -1.09. The Labute approximate surface area is 135 Å². The molecule has 0 aliphatic carbocycles. The summed E-state index contributed by atoms with van der Waals surface area (Å²) < 4.78 is 0. The number of carboxylic acid groups (broad SMARTS) is 2. The summed E-state index contributed by atoms with van der Waals surface area (Å²) in [6, 6.07) is 8.29. The predicted octanol–water partition coefficient (Wildman–Crippen LogP) is 3.83. The zero-order chi connectivity index (χ0) is 16.3. The molecule has 0 spiro atoms. The molecular weight excluding hydrogens is 331 g/mol. The number of halogens is 2. The summed E-state index contributed by atoms with van der Waals surface area (Å²) in [6.07, 6.45) is 0. The number of hydrogen-bond donors (Lipinski definition) is 4. The maximum Gasteiger partial charge on any atom is 0.335 e. The summed E-state index contributed by atoms with van der Waals surface area (Å²) in [4.78, 5) is 21.9. The van der Waals surface area contributed by atoms with Gasteiger partial charge in [0.2, 0.25) is 0 Å². The molecule has 2 rings (SSSR count). The van der Waals surface area contributed by atoms with E-state index in [-0.39, 0.29) is 11.1 Å². The van der Waals surface area contributed by atoms with E-state index in [4.69, 9.17) is 33.4 Å². The molecule has 0 aliphatic rings. The molecule has 0 radical (unpaired) electrons. The highest BCUT2D eigenvalue weighted by Gasteiger charge is 2.09. The SMILES string of the molecule is O=C(O)c1ccc(Cl)c(NNc2cc(C(=O)O)ccc2Cl)c1. The first-order chi connectivity index (χ1) is 10.4. The number of hydrazine groups is 1. The van der Waals surface area contributed by atoms with E-state index in [0.29, 0.717) is 21.4 Å². The van der Waals surface area contributed by atoms with E-state index in [1.54, 1.807) is 0 Å². The van der Waals surface area contributed by atoms with Crippen molar-refractivity contribution in [3.63, 3.8) is 0 Å². The molecule has 0 aromatic heterocycles. The van der Waals surface area contributed by atoms with E-state index >= 15 is 0 Å². The summed E-state index contributed by atoms with van der Waals surface area (Å²) in [5.41, 5.74) is 6.16. The Kier molecular flexibility index (Phi) is 4.75. The number of benzene rings is 2. The zero-order valence-corrected chi connectivity index (χ0v) is 12.4. The number of aromatic carboxylic acids is 2. The van der Waals surface area contributed by atoms with Crippen molar-refractivity contribution in [2.24, 2.45) is 0 Å². The quantitative estimate of drug-likeness (QED) is 0.617. The summed E-state index contributed by atoms with van der Waals surface area (Å²) >= 11 is 11.9. The summed E-state index contributed by atoms with van der Waals surface area (Å²) in [7, 11) is 0. The van der Waals surface area contributed by atoms with E-state index in [0.717, 1.165) is 0 Å². The highest BCUT2D eigenvalue weighted by atomic mass is 35.5. The molecule has 0 bridgehead atoms. The fourth-order valence-electron chi connectivity index (χ4n) is 1.64. The van der Waals surface area contributed by atoms with Crippen LogP contribution in [0.4, 0.5) is 11.4 Å². The number of carboxylic acids is 2. The third-order valence-corrected chi connectivity index (χ3v) is 3.42. The van der Waals surface area contributed by atoms with Crippen LogP contribution in [0.15, 0.2) is 36.4 Å². The fourth-order valence-corrected chi connectivity index (χ4v) is 1.97. The molecular formula is C14H10Cl2N2O4. The van der Waals surface area contributed by atoms with Crippen LogP contribution in [0.2, 0.25) is 10.0 Å². The van der Waals surface area contributed by atoms with Gasteiger partial charge in [0, 0.05) is 0 Å². The van der Waals surface area contributed by atoms with Crippen molar-refractivity contribution >= 4 is 46.5 Å². The Morgan fingerprint density at radius 2 is 1.14 bits per heavy atom. The first kappa shape index (κ1) is 15.9. The van der Waals surface area contributed by atoms with Gasteiger partial charge >= 0.3 is 11.9 Å². The molecule has 4 N–H and O–H groups in total. The molecule has 22 heavy (non-hydrogen) atoms. The minimum absolute atomic E-state index is 0.0547. The van der Waals surface area contributed by atoms with Gasteiger partial charge in [0.15, 0.2) is 0 Å². The smallest absolute Gasteiger partial charge is 0.335 e. The van der Waals surface area contributed by atoms with Crippen LogP contribution in [0.25, 0.3) is 0 Å². The standard InChI is InChI=1S/C14H10Cl2N2O4/c15-9-3-1-7(13(19)20)5-11(9)17-18-12-6-8(14(21)22)2-4-10(12)16/h1-6,17-18H,(H,19,20)(H,21,22). The molecule has 2 aromatic carbocycles. The molecule has 2 aromatic rings. The molecule has 0 aliphatic heterocycles. The molecule has 0 atom stereocenters. The Morgan fingerprint density at radius 3 is 1.45 bits per heavy atom. The summed E-state index contributed by atoms with van der Waals surface area (Å²) in [6.45, 7) is 0. The lowest BCUT2D eigenvalue weighted by atomic mass is 10.2.